The Hall–Kier alpha value is -6.13. The van der Waals surface area contributed by atoms with Crippen LogP contribution in [0, 0.1) is 29.6 Å². The van der Waals surface area contributed by atoms with Gasteiger partial charge in [-0.05, 0) is 89.9 Å². The van der Waals surface area contributed by atoms with E-state index in [1.165, 1.54) is 77.6 Å². The van der Waals surface area contributed by atoms with Crippen LogP contribution in [0.1, 0.15) is 130 Å². The van der Waals surface area contributed by atoms with E-state index in [4.69, 9.17) is 0 Å². The number of aliphatic hydroxyl groups is 1. The molecule has 1 saturated heterocycles. The molecule has 0 aliphatic carbocycles. The number of hydrogen-bond donors (Lipinski definition) is 7. The summed E-state index contributed by atoms with van der Waals surface area (Å²) in [5, 5.41) is 27.4. The number of nitrogens with one attached hydrogen (secondary N) is 6. The molecule has 1 fully saturated rings. The van der Waals surface area contributed by atoms with Crippen molar-refractivity contribution in [2.75, 3.05) is 41.8 Å². The highest BCUT2D eigenvalue weighted by Gasteiger charge is 2.43. The molecule has 0 radical (unpaired) electrons. The molecule has 0 unspecified atom stereocenters. The Kier molecular flexibility index (Phi) is 28.0. The van der Waals surface area contributed by atoms with Gasteiger partial charge in [0, 0.05) is 35.2 Å². The van der Waals surface area contributed by atoms with Gasteiger partial charge in [0.05, 0.1) is 12.6 Å². The molecule has 0 aromatic heterocycles. The van der Waals surface area contributed by atoms with E-state index in [2.05, 4.69) is 31.9 Å². The maximum absolute atomic E-state index is 14.9. The molecule has 1 aliphatic rings. The number of likely N-dealkylation sites (N-methyl/N-ethyl adjacent to an activating group) is 5. The van der Waals surface area contributed by atoms with Gasteiger partial charge >= 0.3 is 0 Å². The fraction of sp³-hybridized carbons (Fsp3) is 0.759. The highest BCUT2D eigenvalue weighted by molar-refractivity contribution is 5.99. The number of amides is 11. The van der Waals surface area contributed by atoms with Crippen molar-refractivity contribution in [1.82, 2.24) is 56.4 Å². The number of allylic oxidation sites excluding steroid dienone is 2. The molecule has 11 amide bonds. The van der Waals surface area contributed by atoms with E-state index in [0.717, 1.165) is 9.80 Å². The minimum Gasteiger partial charge on any atom is -0.390 e. The molecule has 1 aliphatic heterocycles. The summed E-state index contributed by atoms with van der Waals surface area (Å²) in [7, 11) is 6.96. The van der Waals surface area contributed by atoms with Crippen LogP contribution in [0.5, 0.6) is 0 Å². The predicted molar refractivity (Wildman–Crippen MR) is 292 cm³/mol. The average Bonchev–Trinajstić information content (AvgIpc) is 3.36. The maximum atomic E-state index is 14.9. The zero-order valence-electron chi connectivity index (χ0n) is 49.6. The lowest BCUT2D eigenvalue weighted by atomic mass is 9.92. The minimum atomic E-state index is -1.66. The summed E-state index contributed by atoms with van der Waals surface area (Å²) in [5.41, 5.74) is 0. The second kappa shape index (κ2) is 31.3. The number of aliphatic hydroxyl groups excluding tert-OH is 1. The van der Waals surface area contributed by atoms with E-state index in [1.54, 1.807) is 60.6 Å². The predicted octanol–water partition coefficient (Wildman–Crippen LogP) is 0.532. The van der Waals surface area contributed by atoms with Gasteiger partial charge < -0.3 is 61.5 Å². The summed E-state index contributed by atoms with van der Waals surface area (Å²) in [6, 6.07) is -12.4. The van der Waals surface area contributed by atoms with Crippen LogP contribution in [0.2, 0.25) is 0 Å². The molecule has 23 heteroatoms. The summed E-state index contributed by atoms with van der Waals surface area (Å²) in [4.78, 5) is 160. The van der Waals surface area contributed by atoms with Crippen LogP contribution in [-0.4, -0.2) is 203 Å². The summed E-state index contributed by atoms with van der Waals surface area (Å²) < 4.78 is 0. The highest BCUT2D eigenvalue weighted by atomic mass is 16.3. The van der Waals surface area contributed by atoms with Crippen molar-refractivity contribution in [1.29, 1.82) is 0 Å². The van der Waals surface area contributed by atoms with Gasteiger partial charge in [0.15, 0.2) is 0 Å². The van der Waals surface area contributed by atoms with Crippen molar-refractivity contribution in [3.8, 4) is 0 Å². The molecule has 0 spiro atoms. The Morgan fingerprint density at radius 1 is 0.519 bits per heavy atom. The highest BCUT2D eigenvalue weighted by Crippen LogP contribution is 2.23. The van der Waals surface area contributed by atoms with Crippen molar-refractivity contribution in [3.63, 3.8) is 0 Å². The third kappa shape index (κ3) is 19.4. The zero-order chi connectivity index (χ0) is 59.7. The van der Waals surface area contributed by atoms with E-state index >= 15 is 0 Å². The molecule has 0 bridgehead atoms. The third-order valence-corrected chi connectivity index (χ3v) is 14.3. The summed E-state index contributed by atoms with van der Waals surface area (Å²) in [6.45, 7) is 24.3. The van der Waals surface area contributed by atoms with E-state index in [1.807, 2.05) is 27.7 Å². The largest absolute Gasteiger partial charge is 0.390 e. The SMILES string of the molecule is C/C=C/C[C@@H](C)[C@@H](O)[C@@H]1NC(=O)[C@H](C(C)C)N(C)C(=O)[C@@H](CC(C)C)N(C)C(=O)[C@H](CC(C)C)N(C)C(=O)[C@@H](C)NC(=O)[C@H](C)NC(=O)[C@H](C)N(C)C(=O)[C@H](C(C)C)NC(=O)[C@H](C)N(C)C(=O)CNC(=O)[C@H](CC)NC1=O. The van der Waals surface area contributed by atoms with Crippen molar-refractivity contribution in [3.05, 3.63) is 12.2 Å². The molecule has 0 saturated carbocycles. The molecular weight excluding hydrogens is 995 g/mol. The monoisotopic (exact) mass is 1090 g/mol. The third-order valence-electron chi connectivity index (χ3n) is 14.3. The van der Waals surface area contributed by atoms with Crippen molar-refractivity contribution >= 4 is 65.0 Å². The van der Waals surface area contributed by atoms with Crippen molar-refractivity contribution < 1.29 is 57.8 Å². The fourth-order valence-corrected chi connectivity index (χ4v) is 8.84. The lowest BCUT2D eigenvalue weighted by Crippen LogP contribution is -2.63. The van der Waals surface area contributed by atoms with Crippen LogP contribution >= 0.6 is 0 Å². The lowest BCUT2D eigenvalue weighted by molar-refractivity contribution is -0.154. The Labute approximate surface area is 457 Å². The summed E-state index contributed by atoms with van der Waals surface area (Å²) >= 11 is 0. The molecule has 23 nitrogen and oxygen atoms in total. The van der Waals surface area contributed by atoms with E-state index in [-0.39, 0.29) is 31.1 Å². The Morgan fingerprint density at radius 3 is 1.47 bits per heavy atom. The second-order valence-electron chi connectivity index (χ2n) is 22.3. The minimum absolute atomic E-state index is 0.00895. The Bertz CT molecular complexity index is 2120. The number of rotatable bonds is 11. The molecular formula is C54H95N11O12. The molecule has 77 heavy (non-hydrogen) atoms. The molecule has 0 aromatic carbocycles. The first-order chi connectivity index (χ1) is 35.6. The summed E-state index contributed by atoms with van der Waals surface area (Å²) in [6.07, 6.45) is 2.65. The molecule has 1 rings (SSSR count). The van der Waals surface area contributed by atoms with Crippen LogP contribution in [0.4, 0.5) is 0 Å². The number of carbonyl (C=O) groups excluding carboxylic acids is 11. The Balaban J connectivity index is 4.04. The zero-order valence-corrected chi connectivity index (χ0v) is 49.6. The first kappa shape index (κ1) is 68.9. The molecule has 438 valence electrons. The van der Waals surface area contributed by atoms with Gasteiger partial charge in [0.25, 0.3) is 0 Å². The number of carbonyl (C=O) groups is 11. The first-order valence-electron chi connectivity index (χ1n) is 27.0. The fourth-order valence-electron chi connectivity index (χ4n) is 8.84. The smallest absolute Gasteiger partial charge is 0.245 e. The maximum Gasteiger partial charge on any atom is 0.245 e. The first-order valence-corrected chi connectivity index (χ1v) is 27.0. The molecule has 7 N–H and O–H groups in total. The van der Waals surface area contributed by atoms with Crippen molar-refractivity contribution in [2.24, 2.45) is 29.6 Å². The van der Waals surface area contributed by atoms with E-state index in [0.29, 0.717) is 6.42 Å². The Morgan fingerprint density at radius 2 is 0.987 bits per heavy atom. The van der Waals surface area contributed by atoms with E-state index in [9.17, 15) is 57.8 Å². The standard InChI is InChI=1S/C54H95N11O12/c1-21-23-24-32(11)44(67)42-49(72)58-37(22-2)48(71)55-27-40(66)61(16)35(14)47(70)59-41(30(7)8)54(77)62(17)36(15)46(69)56-33(12)45(68)57-34(13)51(74)63(18)38(25-28(3)4)52(75)64(19)39(26-29(5)6)53(76)65(20)43(31(9)10)50(73)60-42/h21,23,28-39,41-44,67H,22,24-27H2,1-20H3,(H,55,71)(H,56,69)(H,57,68)(H,58,72)(H,59,70)(H,60,73)/b23-21+/t32-,33+,34-,35+,36+,37+,38+,39-,41+,42+,43+,44-/m1/s1. The molecule has 12 atom stereocenters. The van der Waals surface area contributed by atoms with E-state index < -0.39 is 156 Å². The van der Waals surface area contributed by atoms with Gasteiger partial charge in [-0.1, -0.05) is 81.4 Å². The van der Waals surface area contributed by atoms with Crippen LogP contribution in [0.25, 0.3) is 0 Å². The van der Waals surface area contributed by atoms with Gasteiger partial charge in [-0.15, -0.1) is 0 Å². The van der Waals surface area contributed by atoms with Crippen LogP contribution in [0.3, 0.4) is 0 Å². The van der Waals surface area contributed by atoms with Gasteiger partial charge in [-0.2, -0.15) is 0 Å². The van der Waals surface area contributed by atoms with Gasteiger partial charge in [0.2, 0.25) is 65.0 Å². The summed E-state index contributed by atoms with van der Waals surface area (Å²) in [5.74, 6) is -9.94. The number of nitrogens with zero attached hydrogens (tertiary/aromatic N) is 5. The van der Waals surface area contributed by atoms with Gasteiger partial charge in [-0.25, -0.2) is 0 Å². The second-order valence-corrected chi connectivity index (χ2v) is 22.3. The lowest BCUT2D eigenvalue weighted by Gasteiger charge is -2.39. The topological polar surface area (TPSA) is 296 Å². The average molecular weight is 1090 g/mol. The number of hydrogen-bond acceptors (Lipinski definition) is 12. The quantitative estimate of drug-likeness (QED) is 0.140. The van der Waals surface area contributed by atoms with Crippen molar-refractivity contribution in [2.45, 2.75) is 196 Å². The van der Waals surface area contributed by atoms with Crippen LogP contribution in [0.15, 0.2) is 12.2 Å². The van der Waals surface area contributed by atoms with Crippen LogP contribution < -0.4 is 31.9 Å². The van der Waals surface area contributed by atoms with Crippen LogP contribution in [-0.2, 0) is 52.7 Å². The molecule has 1 heterocycles. The van der Waals surface area contributed by atoms with Gasteiger partial charge in [-0.3, -0.25) is 52.7 Å². The normalized spacial score (nSPS) is 28.0. The molecule has 0 aromatic rings. The van der Waals surface area contributed by atoms with Gasteiger partial charge in [0.1, 0.15) is 60.4 Å².